The van der Waals surface area contributed by atoms with Gasteiger partial charge in [0.2, 0.25) is 11.7 Å². The van der Waals surface area contributed by atoms with Crippen LogP contribution in [0.3, 0.4) is 0 Å². The molecular formula is C16H23NO5. The van der Waals surface area contributed by atoms with Gasteiger partial charge >= 0.3 is 0 Å². The van der Waals surface area contributed by atoms with Gasteiger partial charge in [0.05, 0.1) is 27.4 Å². The molecule has 2 rings (SSSR count). The molecule has 22 heavy (non-hydrogen) atoms. The number of rotatable bonds is 5. The van der Waals surface area contributed by atoms with E-state index in [1.807, 2.05) is 12.1 Å². The zero-order valence-corrected chi connectivity index (χ0v) is 13.5. The van der Waals surface area contributed by atoms with Crippen molar-refractivity contribution >= 4 is 5.91 Å². The van der Waals surface area contributed by atoms with Crippen molar-refractivity contribution in [2.45, 2.75) is 31.9 Å². The third kappa shape index (κ3) is 3.62. The minimum atomic E-state index is -0.112. The molecule has 0 saturated carbocycles. The monoisotopic (exact) mass is 309 g/mol. The minimum absolute atomic E-state index is 0.0180. The van der Waals surface area contributed by atoms with Crippen molar-refractivity contribution in [3.05, 3.63) is 17.7 Å². The average molecular weight is 309 g/mol. The Morgan fingerprint density at radius 1 is 1.18 bits per heavy atom. The number of methoxy groups -OCH3 is 3. The van der Waals surface area contributed by atoms with E-state index in [4.69, 9.17) is 18.9 Å². The Bertz CT molecular complexity index is 506. The molecule has 0 spiro atoms. The highest BCUT2D eigenvalue weighted by Crippen LogP contribution is 2.41. The maximum atomic E-state index is 11.2. The maximum Gasteiger partial charge on any atom is 0.217 e. The summed E-state index contributed by atoms with van der Waals surface area (Å²) in [7, 11) is 4.75. The lowest BCUT2D eigenvalue weighted by atomic mass is 9.96. The van der Waals surface area contributed by atoms with Gasteiger partial charge in [0, 0.05) is 19.6 Å². The van der Waals surface area contributed by atoms with E-state index in [2.05, 4.69) is 5.32 Å². The third-order valence-corrected chi connectivity index (χ3v) is 3.75. The Morgan fingerprint density at radius 2 is 1.82 bits per heavy atom. The molecule has 6 heteroatoms. The van der Waals surface area contributed by atoms with Crippen LogP contribution in [-0.4, -0.2) is 39.9 Å². The molecule has 1 heterocycles. The lowest BCUT2D eigenvalue weighted by Gasteiger charge is -2.30. The molecule has 1 N–H and O–H groups in total. The molecule has 2 atom stereocenters. The van der Waals surface area contributed by atoms with Crippen molar-refractivity contribution in [1.82, 2.24) is 5.32 Å². The van der Waals surface area contributed by atoms with Gasteiger partial charge in [0.15, 0.2) is 11.5 Å². The van der Waals surface area contributed by atoms with Crippen LogP contribution >= 0.6 is 0 Å². The van der Waals surface area contributed by atoms with Crippen molar-refractivity contribution in [3.63, 3.8) is 0 Å². The molecule has 0 unspecified atom stereocenters. The number of amides is 1. The van der Waals surface area contributed by atoms with Gasteiger partial charge in [0.25, 0.3) is 0 Å². The van der Waals surface area contributed by atoms with Gasteiger partial charge in [-0.2, -0.15) is 0 Å². The zero-order chi connectivity index (χ0) is 16.1. The molecule has 1 saturated heterocycles. The van der Waals surface area contributed by atoms with Gasteiger partial charge in [-0.3, -0.25) is 4.79 Å². The van der Waals surface area contributed by atoms with Crippen LogP contribution in [0, 0.1) is 0 Å². The fraction of sp³-hybridized carbons (Fsp3) is 0.562. The first-order valence-electron chi connectivity index (χ1n) is 7.27. The van der Waals surface area contributed by atoms with E-state index in [0.717, 1.165) is 18.4 Å². The molecule has 1 aliphatic heterocycles. The molecular weight excluding hydrogens is 286 g/mol. The Balaban J connectivity index is 2.25. The lowest BCUT2D eigenvalue weighted by molar-refractivity contribution is -0.120. The van der Waals surface area contributed by atoms with Crippen LogP contribution in [0.5, 0.6) is 17.2 Å². The first-order chi connectivity index (χ1) is 10.6. The van der Waals surface area contributed by atoms with Gasteiger partial charge < -0.3 is 24.3 Å². The molecule has 122 valence electrons. The summed E-state index contributed by atoms with van der Waals surface area (Å²) in [6, 6.07) is 3.90. The summed E-state index contributed by atoms with van der Waals surface area (Å²) in [5.74, 6) is 1.74. The molecule has 1 fully saturated rings. The van der Waals surface area contributed by atoms with Crippen molar-refractivity contribution < 1.29 is 23.7 Å². The molecule has 0 aliphatic carbocycles. The third-order valence-electron chi connectivity index (χ3n) is 3.75. The number of benzene rings is 1. The molecule has 6 nitrogen and oxygen atoms in total. The minimum Gasteiger partial charge on any atom is -0.493 e. The van der Waals surface area contributed by atoms with Crippen molar-refractivity contribution in [2.75, 3.05) is 27.9 Å². The van der Waals surface area contributed by atoms with E-state index in [9.17, 15) is 4.79 Å². The summed E-state index contributed by atoms with van der Waals surface area (Å²) < 4.78 is 21.9. The van der Waals surface area contributed by atoms with Crippen LogP contribution in [-0.2, 0) is 9.53 Å². The molecule has 1 aromatic rings. The number of carbonyl (C=O) groups is 1. The average Bonchev–Trinajstić information content (AvgIpc) is 2.52. The van der Waals surface area contributed by atoms with Gasteiger partial charge in [-0.25, -0.2) is 0 Å². The number of hydrogen-bond donors (Lipinski definition) is 1. The van der Waals surface area contributed by atoms with E-state index < -0.39 is 0 Å². The van der Waals surface area contributed by atoms with Crippen LogP contribution in [0.15, 0.2) is 12.1 Å². The highest BCUT2D eigenvalue weighted by atomic mass is 16.5. The van der Waals surface area contributed by atoms with Crippen LogP contribution in [0.25, 0.3) is 0 Å². The van der Waals surface area contributed by atoms with E-state index in [1.165, 1.54) is 6.92 Å². The van der Waals surface area contributed by atoms with Gasteiger partial charge in [0.1, 0.15) is 0 Å². The van der Waals surface area contributed by atoms with Crippen molar-refractivity contribution in [2.24, 2.45) is 0 Å². The second-order valence-corrected chi connectivity index (χ2v) is 5.24. The highest BCUT2D eigenvalue weighted by Gasteiger charge is 2.26. The smallest absolute Gasteiger partial charge is 0.217 e. The van der Waals surface area contributed by atoms with E-state index >= 15 is 0 Å². The highest BCUT2D eigenvalue weighted by molar-refractivity contribution is 5.73. The van der Waals surface area contributed by atoms with Crippen LogP contribution < -0.4 is 19.5 Å². The molecule has 1 aliphatic rings. The zero-order valence-electron chi connectivity index (χ0n) is 13.5. The predicted molar refractivity (Wildman–Crippen MR) is 81.6 cm³/mol. The summed E-state index contributed by atoms with van der Waals surface area (Å²) in [6.07, 6.45) is 1.43. The van der Waals surface area contributed by atoms with Gasteiger partial charge in [-0.05, 0) is 30.5 Å². The summed E-state index contributed by atoms with van der Waals surface area (Å²) in [5, 5.41) is 2.96. The summed E-state index contributed by atoms with van der Waals surface area (Å²) in [5.41, 5.74) is 0.949. The quantitative estimate of drug-likeness (QED) is 0.902. The van der Waals surface area contributed by atoms with Crippen molar-refractivity contribution in [1.29, 1.82) is 0 Å². The molecule has 0 radical (unpaired) electrons. The fourth-order valence-electron chi connectivity index (χ4n) is 2.73. The summed E-state index contributed by atoms with van der Waals surface area (Å²) in [4.78, 5) is 11.2. The Hall–Kier alpha value is -1.95. The first kappa shape index (κ1) is 16.4. The van der Waals surface area contributed by atoms with E-state index in [0.29, 0.717) is 23.9 Å². The number of carbonyl (C=O) groups excluding carboxylic acids is 1. The summed E-state index contributed by atoms with van der Waals surface area (Å²) in [6.45, 7) is 2.14. The number of nitrogens with one attached hydrogen (secondary N) is 1. The Labute approximate surface area is 130 Å². The SMILES string of the molecule is COc1cc([C@H]2C[C@@H](NC(C)=O)CCO2)cc(OC)c1OC. The maximum absolute atomic E-state index is 11.2. The fourth-order valence-corrected chi connectivity index (χ4v) is 2.73. The van der Waals surface area contributed by atoms with E-state index in [1.54, 1.807) is 21.3 Å². The largest absolute Gasteiger partial charge is 0.493 e. The van der Waals surface area contributed by atoms with Gasteiger partial charge in [-0.15, -0.1) is 0 Å². The predicted octanol–water partition coefficient (Wildman–Crippen LogP) is 2.07. The van der Waals surface area contributed by atoms with Crippen LogP contribution in [0.2, 0.25) is 0 Å². The van der Waals surface area contributed by atoms with Crippen molar-refractivity contribution in [3.8, 4) is 17.2 Å². The van der Waals surface area contributed by atoms with Crippen LogP contribution in [0.1, 0.15) is 31.4 Å². The molecule has 0 bridgehead atoms. The van der Waals surface area contributed by atoms with E-state index in [-0.39, 0.29) is 18.1 Å². The Morgan fingerprint density at radius 3 is 2.32 bits per heavy atom. The molecule has 0 aromatic heterocycles. The molecule has 1 aromatic carbocycles. The second kappa shape index (κ2) is 7.35. The summed E-state index contributed by atoms with van der Waals surface area (Å²) >= 11 is 0. The van der Waals surface area contributed by atoms with Crippen LogP contribution in [0.4, 0.5) is 0 Å². The standard InChI is InChI=1S/C16H23NO5/c1-10(18)17-12-5-6-22-13(9-12)11-7-14(19-2)16(21-4)15(8-11)20-3/h7-8,12-13H,5-6,9H2,1-4H3,(H,17,18)/t12-,13+/m0/s1. The van der Waals surface area contributed by atoms with Gasteiger partial charge in [-0.1, -0.05) is 0 Å². The lowest BCUT2D eigenvalue weighted by Crippen LogP contribution is -2.38. The first-order valence-corrected chi connectivity index (χ1v) is 7.27. The normalized spacial score (nSPS) is 21.1. The molecule has 1 amide bonds. The second-order valence-electron chi connectivity index (χ2n) is 5.24. The number of hydrogen-bond acceptors (Lipinski definition) is 5. The Kier molecular flexibility index (Phi) is 5.49. The topological polar surface area (TPSA) is 66.0 Å². The number of ether oxygens (including phenoxy) is 4.